The average Bonchev–Trinajstić information content (AvgIpc) is 2.67. The molecule has 0 spiro atoms. The molecule has 152 valence electrons. The lowest BCUT2D eigenvalue weighted by atomic mass is 9.94. The van der Waals surface area contributed by atoms with Crippen LogP contribution in [0.2, 0.25) is 0 Å². The number of carbonyl (C=O) groups excluding carboxylic acids is 1. The van der Waals surface area contributed by atoms with Crippen molar-refractivity contribution in [2.75, 3.05) is 27.0 Å². The second-order valence-electron chi connectivity index (χ2n) is 6.73. The molecular formula is C18H28N2O5S2. The van der Waals surface area contributed by atoms with E-state index in [0.29, 0.717) is 5.75 Å². The number of ether oxygens (including phenoxy) is 1. The van der Waals surface area contributed by atoms with Crippen LogP contribution in [0.15, 0.2) is 23.1 Å². The molecule has 9 heteroatoms. The number of methoxy groups -OCH3 is 1. The largest absolute Gasteiger partial charge is 0.495 e. The Morgan fingerprint density at radius 3 is 2.56 bits per heavy atom. The summed E-state index contributed by atoms with van der Waals surface area (Å²) in [5, 5.41) is 2.91. The zero-order valence-electron chi connectivity index (χ0n) is 16.2. The van der Waals surface area contributed by atoms with Gasteiger partial charge in [0.25, 0.3) is 5.91 Å². The first-order valence-electron chi connectivity index (χ1n) is 9.01. The lowest BCUT2D eigenvalue weighted by molar-refractivity contribution is 0.0928. The molecule has 0 radical (unpaired) electrons. The molecule has 0 aromatic heterocycles. The zero-order valence-corrected chi connectivity index (χ0v) is 17.9. The van der Waals surface area contributed by atoms with Crippen LogP contribution in [0.3, 0.4) is 0 Å². The van der Waals surface area contributed by atoms with E-state index in [2.05, 4.69) is 5.32 Å². The van der Waals surface area contributed by atoms with Crippen molar-refractivity contribution in [2.24, 2.45) is 0 Å². The summed E-state index contributed by atoms with van der Waals surface area (Å²) in [5.41, 5.74) is 0.239. The number of amides is 1. The lowest BCUT2D eigenvalue weighted by Crippen LogP contribution is -2.47. The molecule has 1 N–H and O–H groups in total. The summed E-state index contributed by atoms with van der Waals surface area (Å²) in [5.74, 6) is 0.380. The summed E-state index contributed by atoms with van der Waals surface area (Å²) < 4.78 is 43.6. The fourth-order valence-electron chi connectivity index (χ4n) is 3.26. The Hall–Kier alpha value is -1.45. The predicted molar refractivity (Wildman–Crippen MR) is 106 cm³/mol. The highest BCUT2D eigenvalue weighted by Crippen LogP contribution is 2.28. The molecule has 1 aliphatic carbocycles. The highest BCUT2D eigenvalue weighted by Gasteiger charge is 2.31. The van der Waals surface area contributed by atoms with Crippen LogP contribution in [0.4, 0.5) is 0 Å². The van der Waals surface area contributed by atoms with Crippen LogP contribution < -0.4 is 10.1 Å². The normalized spacial score (nSPS) is 21.7. The van der Waals surface area contributed by atoms with Gasteiger partial charge in [-0.1, -0.05) is 19.8 Å². The van der Waals surface area contributed by atoms with Gasteiger partial charge in [0.15, 0.2) is 0 Å². The fraction of sp³-hybridized carbons (Fsp3) is 0.611. The molecule has 1 amide bonds. The Morgan fingerprint density at radius 2 is 1.96 bits per heavy atom. The topological polar surface area (TPSA) is 92.8 Å². The average molecular weight is 417 g/mol. The van der Waals surface area contributed by atoms with Crippen LogP contribution in [-0.2, 0) is 20.8 Å². The molecule has 3 atom stereocenters. The van der Waals surface area contributed by atoms with Gasteiger partial charge in [-0.2, -0.15) is 0 Å². The minimum absolute atomic E-state index is 0.0556. The van der Waals surface area contributed by atoms with E-state index in [1.807, 2.05) is 6.92 Å². The third kappa shape index (κ3) is 4.89. The molecule has 1 saturated carbocycles. The van der Waals surface area contributed by atoms with Crippen molar-refractivity contribution in [3.05, 3.63) is 23.8 Å². The number of nitrogens with zero attached hydrogens (tertiary/aromatic N) is 1. The van der Waals surface area contributed by atoms with Crippen LogP contribution in [-0.4, -0.2) is 61.1 Å². The first-order valence-corrected chi connectivity index (χ1v) is 11.8. The van der Waals surface area contributed by atoms with E-state index in [9.17, 15) is 17.4 Å². The molecule has 3 unspecified atom stereocenters. The Balaban J connectivity index is 2.30. The first-order chi connectivity index (χ1) is 12.7. The molecule has 1 aliphatic rings. The van der Waals surface area contributed by atoms with E-state index >= 15 is 0 Å². The van der Waals surface area contributed by atoms with Gasteiger partial charge in [-0.3, -0.25) is 9.00 Å². The maximum absolute atomic E-state index is 12.8. The van der Waals surface area contributed by atoms with Gasteiger partial charge in [0, 0.05) is 42.3 Å². The summed E-state index contributed by atoms with van der Waals surface area (Å²) in [6, 6.07) is 4.19. The van der Waals surface area contributed by atoms with Crippen LogP contribution in [0.5, 0.6) is 5.75 Å². The smallest absolute Gasteiger partial charge is 0.251 e. The summed E-state index contributed by atoms with van der Waals surface area (Å²) in [7, 11) is -0.506. The van der Waals surface area contributed by atoms with Gasteiger partial charge in [-0.25, -0.2) is 12.7 Å². The fourth-order valence-corrected chi connectivity index (χ4v) is 5.76. The Bertz CT molecular complexity index is 808. The Kier molecular flexibility index (Phi) is 7.41. The second kappa shape index (κ2) is 9.16. The van der Waals surface area contributed by atoms with Gasteiger partial charge < -0.3 is 10.1 Å². The van der Waals surface area contributed by atoms with Crippen molar-refractivity contribution >= 4 is 26.7 Å². The summed E-state index contributed by atoms with van der Waals surface area (Å²) in [6.07, 6.45) is 3.59. The van der Waals surface area contributed by atoms with Crippen molar-refractivity contribution in [1.29, 1.82) is 0 Å². The second-order valence-corrected chi connectivity index (χ2v) is 10.8. The molecule has 1 aromatic rings. The summed E-state index contributed by atoms with van der Waals surface area (Å²) >= 11 is 0. The standard InChI is InChI=1S/C18H28N2O5S2/c1-5-26(22)16-9-7-6-8-14(16)19-18(21)13-10-11-15(25-4)17(12-13)27(23,24)20(2)3/h10-12,14,16H,5-9H2,1-4H3,(H,19,21). The number of hydrogen-bond donors (Lipinski definition) is 1. The van der Waals surface area contributed by atoms with E-state index in [4.69, 9.17) is 4.74 Å². The minimum Gasteiger partial charge on any atom is -0.495 e. The summed E-state index contributed by atoms with van der Waals surface area (Å²) in [4.78, 5) is 12.7. The molecule has 0 heterocycles. The predicted octanol–water partition coefficient (Wildman–Crippen LogP) is 1.76. The molecule has 27 heavy (non-hydrogen) atoms. The van der Waals surface area contributed by atoms with E-state index in [1.54, 1.807) is 0 Å². The molecule has 2 rings (SSSR count). The number of sulfonamides is 1. The first kappa shape index (κ1) is 21.8. The van der Waals surface area contributed by atoms with E-state index in [-0.39, 0.29) is 33.4 Å². The zero-order chi connectivity index (χ0) is 20.2. The number of hydrogen-bond acceptors (Lipinski definition) is 5. The third-order valence-electron chi connectivity index (χ3n) is 4.83. The Labute approximate surface area is 164 Å². The van der Waals surface area contributed by atoms with E-state index in [0.717, 1.165) is 30.0 Å². The molecule has 7 nitrogen and oxygen atoms in total. The van der Waals surface area contributed by atoms with Crippen LogP contribution in [0, 0.1) is 0 Å². The van der Waals surface area contributed by atoms with E-state index in [1.165, 1.54) is 39.4 Å². The van der Waals surface area contributed by atoms with Gasteiger partial charge in [0.05, 0.1) is 12.4 Å². The van der Waals surface area contributed by atoms with Crippen LogP contribution >= 0.6 is 0 Å². The van der Waals surface area contributed by atoms with Crippen molar-refractivity contribution < 1.29 is 22.2 Å². The number of benzene rings is 1. The third-order valence-corrected chi connectivity index (χ3v) is 8.47. The highest BCUT2D eigenvalue weighted by molar-refractivity contribution is 7.89. The maximum atomic E-state index is 12.8. The van der Waals surface area contributed by atoms with E-state index < -0.39 is 20.8 Å². The molecule has 0 bridgehead atoms. The quantitative estimate of drug-likeness (QED) is 0.731. The van der Waals surface area contributed by atoms with Gasteiger partial charge in [0.2, 0.25) is 10.0 Å². The highest BCUT2D eigenvalue weighted by atomic mass is 32.2. The molecule has 1 aromatic carbocycles. The van der Waals surface area contributed by atoms with Crippen LogP contribution in [0.1, 0.15) is 43.0 Å². The molecule has 1 fully saturated rings. The van der Waals surface area contributed by atoms with Gasteiger partial charge in [-0.05, 0) is 31.0 Å². The van der Waals surface area contributed by atoms with Crippen molar-refractivity contribution in [3.63, 3.8) is 0 Å². The maximum Gasteiger partial charge on any atom is 0.251 e. The number of nitrogens with one attached hydrogen (secondary N) is 1. The van der Waals surface area contributed by atoms with Crippen molar-refractivity contribution in [3.8, 4) is 5.75 Å². The Morgan fingerprint density at radius 1 is 1.30 bits per heavy atom. The van der Waals surface area contributed by atoms with Gasteiger partial charge in [-0.15, -0.1) is 0 Å². The van der Waals surface area contributed by atoms with Crippen molar-refractivity contribution in [1.82, 2.24) is 9.62 Å². The molecule has 0 saturated heterocycles. The SMILES string of the molecule is CCS(=O)C1CCCCC1NC(=O)c1ccc(OC)c(S(=O)(=O)N(C)C)c1. The van der Waals surface area contributed by atoms with Gasteiger partial charge >= 0.3 is 0 Å². The van der Waals surface area contributed by atoms with Gasteiger partial charge in [0.1, 0.15) is 10.6 Å². The number of rotatable bonds is 7. The number of carbonyl (C=O) groups is 1. The van der Waals surface area contributed by atoms with Crippen LogP contribution in [0.25, 0.3) is 0 Å². The molecular weight excluding hydrogens is 388 g/mol. The molecule has 0 aliphatic heterocycles. The minimum atomic E-state index is -3.76. The lowest BCUT2D eigenvalue weighted by Gasteiger charge is -2.31. The monoisotopic (exact) mass is 416 g/mol. The van der Waals surface area contributed by atoms with Crippen molar-refractivity contribution in [2.45, 2.75) is 48.8 Å². The summed E-state index contributed by atoms with van der Waals surface area (Å²) in [6.45, 7) is 1.88.